The maximum Gasteiger partial charge on any atom is 0.294 e. The maximum atomic E-state index is 11.4. The molecule has 0 atom stereocenters. The molecule has 1 heterocycles. The van der Waals surface area contributed by atoms with Gasteiger partial charge in [-0.1, -0.05) is 6.92 Å². The Hall–Kier alpha value is -3.15. The Kier molecular flexibility index (Phi) is 5.31. The van der Waals surface area contributed by atoms with Gasteiger partial charge in [-0.2, -0.15) is 10.4 Å². The van der Waals surface area contributed by atoms with Crippen LogP contribution in [-0.2, 0) is 0 Å². The van der Waals surface area contributed by atoms with Crippen molar-refractivity contribution in [1.82, 2.24) is 0 Å². The first-order valence-corrected chi connectivity index (χ1v) is 7.54. The van der Waals surface area contributed by atoms with Crippen molar-refractivity contribution >= 4 is 28.6 Å². The van der Waals surface area contributed by atoms with Gasteiger partial charge < -0.3 is 10.6 Å². The number of hydrazone groups is 1. The highest BCUT2D eigenvalue weighted by Gasteiger charge is 2.23. The van der Waals surface area contributed by atoms with Crippen molar-refractivity contribution < 1.29 is 4.92 Å². The van der Waals surface area contributed by atoms with Crippen LogP contribution in [0.1, 0.15) is 19.8 Å². The number of benzene rings is 1. The van der Waals surface area contributed by atoms with Crippen molar-refractivity contribution in [3.63, 3.8) is 0 Å². The number of nitro benzene ring substituents is 1. The van der Waals surface area contributed by atoms with Crippen LogP contribution in [-0.4, -0.2) is 29.6 Å². The average molecular weight is 329 g/mol. The summed E-state index contributed by atoms with van der Waals surface area (Å²) in [4.78, 5) is 13.0. The number of nitrogens with two attached hydrogens (primary N) is 1. The van der Waals surface area contributed by atoms with Crippen molar-refractivity contribution in [1.29, 1.82) is 10.7 Å². The zero-order valence-electron chi connectivity index (χ0n) is 13.3. The average Bonchev–Trinajstić information content (AvgIpc) is 2.55. The summed E-state index contributed by atoms with van der Waals surface area (Å²) >= 11 is 0. The van der Waals surface area contributed by atoms with Gasteiger partial charge in [-0.25, -0.2) is 0 Å². The van der Waals surface area contributed by atoms with Gasteiger partial charge in [-0.15, -0.1) is 0 Å². The number of piperidine rings is 1. The lowest BCUT2D eigenvalue weighted by Gasteiger charge is -2.31. The lowest BCUT2D eigenvalue weighted by atomic mass is 9.98. The molecule has 1 aliphatic rings. The zero-order valence-corrected chi connectivity index (χ0v) is 13.3. The summed E-state index contributed by atoms with van der Waals surface area (Å²) in [7, 11) is 0. The molecule has 0 amide bonds. The van der Waals surface area contributed by atoms with Crippen molar-refractivity contribution in [2.75, 3.05) is 23.4 Å². The van der Waals surface area contributed by atoms with Gasteiger partial charge in [0.05, 0.1) is 10.6 Å². The van der Waals surface area contributed by atoms with E-state index in [2.05, 4.69) is 17.5 Å². The number of amidine groups is 1. The molecule has 126 valence electrons. The molecule has 1 aromatic carbocycles. The Morgan fingerprint density at radius 3 is 2.75 bits per heavy atom. The number of rotatable bonds is 5. The Labute approximate surface area is 139 Å². The molecule has 1 fully saturated rings. The molecule has 0 spiro atoms. The van der Waals surface area contributed by atoms with Crippen LogP contribution in [0.4, 0.5) is 17.1 Å². The highest BCUT2D eigenvalue weighted by molar-refractivity contribution is 6.45. The van der Waals surface area contributed by atoms with E-state index in [1.807, 2.05) is 4.90 Å². The number of nitrogens with zero attached hydrogens (tertiary/aromatic N) is 4. The summed E-state index contributed by atoms with van der Waals surface area (Å²) in [6.07, 6.45) is 2.01. The highest BCUT2D eigenvalue weighted by atomic mass is 16.6. The fourth-order valence-electron chi connectivity index (χ4n) is 2.52. The number of nitriles is 1. The molecule has 0 aliphatic carbocycles. The second-order valence-electron chi connectivity index (χ2n) is 5.73. The molecule has 1 aromatic rings. The first kappa shape index (κ1) is 17.2. The number of nitro groups is 1. The molecule has 9 nitrogen and oxygen atoms in total. The largest absolute Gasteiger partial charge is 0.382 e. The summed E-state index contributed by atoms with van der Waals surface area (Å²) in [5.74, 6) is 0.158. The van der Waals surface area contributed by atoms with Crippen LogP contribution >= 0.6 is 0 Å². The lowest BCUT2D eigenvalue weighted by Crippen LogP contribution is -2.33. The van der Waals surface area contributed by atoms with E-state index in [0.29, 0.717) is 17.3 Å². The van der Waals surface area contributed by atoms with Gasteiger partial charge in [-0.3, -0.25) is 20.9 Å². The summed E-state index contributed by atoms with van der Waals surface area (Å²) < 4.78 is 0. The van der Waals surface area contributed by atoms with Crippen LogP contribution in [0.2, 0.25) is 0 Å². The first-order valence-electron chi connectivity index (χ1n) is 7.54. The molecule has 1 aliphatic heterocycles. The Bertz CT molecular complexity index is 715. The van der Waals surface area contributed by atoms with Crippen molar-refractivity contribution in [3.8, 4) is 6.07 Å². The smallest absolute Gasteiger partial charge is 0.294 e. The Morgan fingerprint density at radius 2 is 2.21 bits per heavy atom. The van der Waals surface area contributed by atoms with Crippen LogP contribution in [0, 0.1) is 32.8 Å². The summed E-state index contributed by atoms with van der Waals surface area (Å²) in [5.41, 5.74) is 8.35. The normalized spacial score (nSPS) is 15.7. The van der Waals surface area contributed by atoms with Gasteiger partial charge in [0, 0.05) is 19.2 Å². The van der Waals surface area contributed by atoms with Gasteiger partial charge in [0.15, 0.2) is 5.84 Å². The minimum atomic E-state index is -0.474. The summed E-state index contributed by atoms with van der Waals surface area (Å²) in [6.45, 7) is 3.75. The standard InChI is InChI=1S/C15H19N7O2/c1-10-4-6-21(7-5-10)13-3-2-11(8-14(13)22(23)24)19-20-12(9-16)15(17)18/h2-3,8,10,19H,4-7H2,1H3,(H3,17,18)/b20-12+. The van der Waals surface area contributed by atoms with Crippen LogP contribution in [0.5, 0.6) is 0 Å². The van der Waals surface area contributed by atoms with Crippen LogP contribution < -0.4 is 16.1 Å². The van der Waals surface area contributed by atoms with Crippen LogP contribution in [0.15, 0.2) is 23.3 Å². The zero-order chi connectivity index (χ0) is 17.7. The van der Waals surface area contributed by atoms with Gasteiger partial charge in [-0.05, 0) is 30.9 Å². The third kappa shape index (κ3) is 3.98. The van der Waals surface area contributed by atoms with Crippen LogP contribution in [0.25, 0.3) is 0 Å². The fourth-order valence-corrected chi connectivity index (χ4v) is 2.52. The van der Waals surface area contributed by atoms with E-state index in [4.69, 9.17) is 16.4 Å². The third-order valence-corrected chi connectivity index (χ3v) is 3.95. The molecular weight excluding hydrogens is 310 g/mol. The van der Waals surface area contributed by atoms with Gasteiger partial charge >= 0.3 is 0 Å². The SMILES string of the molecule is CC1CCN(c2ccc(N/N=C(\C#N)C(=N)N)cc2[N+](=O)[O-])CC1. The third-order valence-electron chi connectivity index (χ3n) is 3.95. The second kappa shape index (κ2) is 7.41. The molecule has 0 radical (unpaired) electrons. The van der Waals surface area contributed by atoms with E-state index in [9.17, 15) is 10.1 Å². The highest BCUT2D eigenvalue weighted by Crippen LogP contribution is 2.33. The van der Waals surface area contributed by atoms with E-state index in [0.717, 1.165) is 25.9 Å². The molecule has 24 heavy (non-hydrogen) atoms. The molecule has 2 rings (SSSR count). The molecule has 4 N–H and O–H groups in total. The van der Waals surface area contributed by atoms with Crippen LogP contribution in [0.3, 0.4) is 0 Å². The predicted octanol–water partition coefficient (Wildman–Crippen LogP) is 2.06. The Morgan fingerprint density at radius 1 is 1.54 bits per heavy atom. The van der Waals surface area contributed by atoms with Crippen molar-refractivity contribution in [3.05, 3.63) is 28.3 Å². The molecule has 0 saturated carbocycles. The van der Waals surface area contributed by atoms with Gasteiger partial charge in [0.25, 0.3) is 5.69 Å². The summed E-state index contributed by atoms with van der Waals surface area (Å²) in [5, 5.41) is 31.1. The molecule has 1 saturated heterocycles. The van der Waals surface area contributed by atoms with Gasteiger partial charge in [0.2, 0.25) is 5.71 Å². The molecule has 9 heteroatoms. The fraction of sp³-hybridized carbons (Fsp3) is 0.400. The Balaban J connectivity index is 2.25. The van der Waals surface area contributed by atoms with E-state index >= 15 is 0 Å². The predicted molar refractivity (Wildman–Crippen MR) is 92.3 cm³/mol. The van der Waals surface area contributed by atoms with E-state index < -0.39 is 10.8 Å². The quantitative estimate of drug-likeness (QED) is 0.326. The molecule has 0 aromatic heterocycles. The first-order chi connectivity index (χ1) is 11.4. The number of hydrogen-bond donors (Lipinski definition) is 3. The van der Waals surface area contributed by atoms with E-state index in [1.165, 1.54) is 6.07 Å². The lowest BCUT2D eigenvalue weighted by molar-refractivity contribution is -0.384. The van der Waals surface area contributed by atoms with Gasteiger partial charge in [0.1, 0.15) is 11.8 Å². The second-order valence-corrected chi connectivity index (χ2v) is 5.73. The number of hydrogen-bond acceptors (Lipinski definition) is 7. The molecule has 0 bridgehead atoms. The van der Waals surface area contributed by atoms with Crippen molar-refractivity contribution in [2.24, 2.45) is 16.8 Å². The minimum Gasteiger partial charge on any atom is -0.382 e. The van der Waals surface area contributed by atoms with E-state index in [1.54, 1.807) is 18.2 Å². The number of anilines is 2. The number of nitrogens with one attached hydrogen (secondary N) is 2. The van der Waals surface area contributed by atoms with E-state index in [-0.39, 0.29) is 11.4 Å². The van der Waals surface area contributed by atoms with Crippen molar-refractivity contribution in [2.45, 2.75) is 19.8 Å². The monoisotopic (exact) mass is 329 g/mol. The molecule has 0 unspecified atom stereocenters. The summed E-state index contributed by atoms with van der Waals surface area (Å²) in [6, 6.07) is 6.36. The maximum absolute atomic E-state index is 11.4. The molecular formula is C15H19N7O2. The topological polar surface area (TPSA) is 144 Å². The minimum absolute atomic E-state index is 0.0221.